The third-order valence-corrected chi connectivity index (χ3v) is 6.16. The summed E-state index contributed by atoms with van der Waals surface area (Å²) in [6.07, 6.45) is 1.25. The number of halogens is 1. The summed E-state index contributed by atoms with van der Waals surface area (Å²) in [5.74, 6) is -1.07. The van der Waals surface area contributed by atoms with Crippen LogP contribution in [0.3, 0.4) is 0 Å². The van der Waals surface area contributed by atoms with Gasteiger partial charge in [-0.1, -0.05) is 47.1 Å². The molecule has 3 rings (SSSR count). The molecule has 0 saturated carbocycles. The Bertz CT molecular complexity index is 1000. The summed E-state index contributed by atoms with van der Waals surface area (Å²) >= 11 is 3.40. The summed E-state index contributed by atoms with van der Waals surface area (Å²) in [5.41, 5.74) is 1.70. The number of rotatable bonds is 10. The third kappa shape index (κ3) is 5.87. The van der Waals surface area contributed by atoms with Crippen LogP contribution in [-0.2, 0) is 16.1 Å². The second kappa shape index (κ2) is 11.2. The Balaban J connectivity index is 1.65. The molecular formula is C25H28BrN3O4. The van der Waals surface area contributed by atoms with Crippen molar-refractivity contribution in [1.29, 1.82) is 0 Å². The molecule has 33 heavy (non-hydrogen) atoms. The van der Waals surface area contributed by atoms with Gasteiger partial charge in [0.1, 0.15) is 6.04 Å². The second-order valence-electron chi connectivity index (χ2n) is 8.03. The van der Waals surface area contributed by atoms with Gasteiger partial charge < -0.3 is 10.2 Å². The summed E-state index contributed by atoms with van der Waals surface area (Å²) < 4.78 is 0.929. The highest BCUT2D eigenvalue weighted by Gasteiger charge is 2.35. The topological polar surface area (TPSA) is 86.8 Å². The smallest absolute Gasteiger partial charge is 0.261 e. The molecule has 0 unspecified atom stereocenters. The van der Waals surface area contributed by atoms with Crippen molar-refractivity contribution in [3.05, 3.63) is 69.7 Å². The van der Waals surface area contributed by atoms with E-state index in [0.717, 1.165) is 16.5 Å². The lowest BCUT2D eigenvalue weighted by Crippen LogP contribution is -2.47. The highest BCUT2D eigenvalue weighted by Crippen LogP contribution is 2.23. The van der Waals surface area contributed by atoms with Gasteiger partial charge in [0.2, 0.25) is 11.8 Å². The van der Waals surface area contributed by atoms with Crippen LogP contribution < -0.4 is 5.32 Å². The first-order chi connectivity index (χ1) is 15.8. The van der Waals surface area contributed by atoms with Crippen LogP contribution in [0, 0.1) is 0 Å². The number of hydrogen-bond donors (Lipinski definition) is 1. The molecule has 0 bridgehead atoms. The minimum Gasteiger partial charge on any atom is -0.354 e. The van der Waals surface area contributed by atoms with Gasteiger partial charge in [-0.3, -0.25) is 24.1 Å². The van der Waals surface area contributed by atoms with E-state index in [1.165, 1.54) is 4.90 Å². The zero-order valence-corrected chi connectivity index (χ0v) is 20.4. The van der Waals surface area contributed by atoms with Gasteiger partial charge in [-0.25, -0.2) is 0 Å². The Labute approximate surface area is 202 Å². The van der Waals surface area contributed by atoms with Gasteiger partial charge in [0.25, 0.3) is 11.8 Å². The Morgan fingerprint density at radius 3 is 2.21 bits per heavy atom. The molecule has 0 saturated heterocycles. The molecule has 0 spiro atoms. The van der Waals surface area contributed by atoms with Gasteiger partial charge in [-0.2, -0.15) is 0 Å². The third-order valence-electron chi connectivity index (χ3n) is 5.63. The maximum absolute atomic E-state index is 13.1. The molecule has 8 heteroatoms. The SMILES string of the molecule is CCCNC(=O)[C@H](C)N(Cc1ccc(Br)cc1)C(=O)CCCN1C(=O)c2ccccc2C1=O. The number of nitrogens with one attached hydrogen (secondary N) is 1. The predicted molar refractivity (Wildman–Crippen MR) is 128 cm³/mol. The van der Waals surface area contributed by atoms with E-state index in [9.17, 15) is 19.2 Å². The van der Waals surface area contributed by atoms with Gasteiger partial charge in [-0.15, -0.1) is 0 Å². The number of carbonyl (C=O) groups is 4. The van der Waals surface area contributed by atoms with E-state index in [4.69, 9.17) is 0 Å². The molecule has 1 heterocycles. The Morgan fingerprint density at radius 1 is 1.03 bits per heavy atom. The fraction of sp³-hybridized carbons (Fsp3) is 0.360. The highest BCUT2D eigenvalue weighted by molar-refractivity contribution is 9.10. The maximum Gasteiger partial charge on any atom is 0.261 e. The van der Waals surface area contributed by atoms with Gasteiger partial charge in [-0.05, 0) is 49.6 Å². The molecule has 1 aliphatic heterocycles. The van der Waals surface area contributed by atoms with Gasteiger partial charge in [0, 0.05) is 30.5 Å². The monoisotopic (exact) mass is 513 g/mol. The normalized spacial score (nSPS) is 13.6. The molecule has 7 nitrogen and oxygen atoms in total. The molecule has 1 aliphatic rings. The van der Waals surface area contributed by atoms with Crippen molar-refractivity contribution in [3.8, 4) is 0 Å². The van der Waals surface area contributed by atoms with Crippen LogP contribution in [0.1, 0.15) is 59.4 Å². The molecule has 4 amide bonds. The van der Waals surface area contributed by atoms with E-state index in [1.54, 1.807) is 36.1 Å². The Morgan fingerprint density at radius 2 is 1.64 bits per heavy atom. The molecular weight excluding hydrogens is 486 g/mol. The standard InChI is InChI=1S/C25H28BrN3O4/c1-3-14-27-23(31)17(2)29(16-18-10-12-19(26)13-11-18)22(30)9-6-15-28-24(32)20-7-4-5-8-21(20)25(28)33/h4-5,7-8,10-13,17H,3,6,9,14-16H2,1-2H3,(H,27,31)/t17-/m0/s1. The number of hydrogen-bond acceptors (Lipinski definition) is 4. The van der Waals surface area contributed by atoms with Gasteiger partial charge in [0.05, 0.1) is 11.1 Å². The first kappa shape index (κ1) is 24.6. The van der Waals surface area contributed by atoms with E-state index in [1.807, 2.05) is 31.2 Å². The van der Waals surface area contributed by atoms with E-state index >= 15 is 0 Å². The van der Waals surface area contributed by atoms with Crippen LogP contribution in [-0.4, -0.2) is 52.6 Å². The van der Waals surface area contributed by atoms with Crippen molar-refractivity contribution in [1.82, 2.24) is 15.1 Å². The molecule has 174 valence electrons. The lowest BCUT2D eigenvalue weighted by molar-refractivity contribution is -0.140. The van der Waals surface area contributed by atoms with Crippen molar-refractivity contribution >= 4 is 39.6 Å². The fourth-order valence-electron chi connectivity index (χ4n) is 3.74. The summed E-state index contributed by atoms with van der Waals surface area (Å²) in [7, 11) is 0. The number of carbonyl (C=O) groups excluding carboxylic acids is 4. The molecule has 1 atom stereocenters. The van der Waals surface area contributed by atoms with Crippen LogP contribution in [0.4, 0.5) is 0 Å². The number of benzene rings is 2. The van der Waals surface area contributed by atoms with Crippen molar-refractivity contribution in [2.75, 3.05) is 13.1 Å². The number of imide groups is 1. The van der Waals surface area contributed by atoms with Crippen LogP contribution >= 0.6 is 15.9 Å². The zero-order valence-electron chi connectivity index (χ0n) is 18.8. The molecule has 2 aromatic carbocycles. The molecule has 0 fully saturated rings. The second-order valence-corrected chi connectivity index (χ2v) is 8.94. The average Bonchev–Trinajstić information content (AvgIpc) is 3.06. The average molecular weight is 514 g/mol. The molecule has 0 radical (unpaired) electrons. The van der Waals surface area contributed by atoms with E-state index in [-0.39, 0.29) is 36.6 Å². The summed E-state index contributed by atoms with van der Waals surface area (Å²) in [4.78, 5) is 53.5. The lowest BCUT2D eigenvalue weighted by atomic mass is 10.1. The maximum atomic E-state index is 13.1. The van der Waals surface area contributed by atoms with Crippen molar-refractivity contribution in [3.63, 3.8) is 0 Å². The van der Waals surface area contributed by atoms with Gasteiger partial charge in [0.15, 0.2) is 0 Å². The quantitative estimate of drug-likeness (QED) is 0.490. The lowest BCUT2D eigenvalue weighted by Gasteiger charge is -2.29. The Kier molecular flexibility index (Phi) is 8.38. The summed E-state index contributed by atoms with van der Waals surface area (Å²) in [5, 5.41) is 2.85. The summed E-state index contributed by atoms with van der Waals surface area (Å²) in [6, 6.07) is 13.7. The van der Waals surface area contributed by atoms with Crippen LogP contribution in [0.25, 0.3) is 0 Å². The Hall–Kier alpha value is -3.00. The van der Waals surface area contributed by atoms with E-state index < -0.39 is 6.04 Å². The molecule has 0 aromatic heterocycles. The summed E-state index contributed by atoms with van der Waals surface area (Å²) in [6.45, 7) is 4.67. The number of amides is 4. The molecule has 0 aliphatic carbocycles. The van der Waals surface area contributed by atoms with Crippen LogP contribution in [0.5, 0.6) is 0 Å². The van der Waals surface area contributed by atoms with Crippen LogP contribution in [0.15, 0.2) is 53.0 Å². The number of fused-ring (bicyclic) bond motifs is 1. The van der Waals surface area contributed by atoms with Gasteiger partial charge >= 0.3 is 0 Å². The minimum absolute atomic E-state index is 0.120. The van der Waals surface area contributed by atoms with Crippen LogP contribution in [0.2, 0.25) is 0 Å². The molecule has 2 aromatic rings. The molecule has 1 N–H and O–H groups in total. The van der Waals surface area contributed by atoms with E-state index in [2.05, 4.69) is 21.2 Å². The largest absolute Gasteiger partial charge is 0.354 e. The first-order valence-corrected chi connectivity index (χ1v) is 11.9. The van der Waals surface area contributed by atoms with E-state index in [0.29, 0.717) is 30.6 Å². The van der Waals surface area contributed by atoms with Crippen molar-refractivity contribution in [2.45, 2.75) is 45.7 Å². The fourth-order valence-corrected chi connectivity index (χ4v) is 4.00. The number of nitrogens with zero attached hydrogens (tertiary/aromatic N) is 2. The van der Waals surface area contributed by atoms with Crippen molar-refractivity contribution < 1.29 is 19.2 Å². The van der Waals surface area contributed by atoms with Crippen molar-refractivity contribution in [2.24, 2.45) is 0 Å². The minimum atomic E-state index is -0.646. The highest BCUT2D eigenvalue weighted by atomic mass is 79.9. The first-order valence-electron chi connectivity index (χ1n) is 11.1. The predicted octanol–water partition coefficient (Wildman–Crippen LogP) is 3.77. The zero-order chi connectivity index (χ0) is 24.0.